The highest BCUT2D eigenvalue weighted by atomic mass is 32.2. The fourth-order valence-electron chi connectivity index (χ4n) is 0.603. The Balaban J connectivity index is 2.59. The normalized spacial score (nSPS) is 10.5. The van der Waals surface area contributed by atoms with Crippen LogP contribution in [0.2, 0.25) is 0 Å². The molecule has 0 aliphatic carbocycles. The van der Waals surface area contributed by atoms with E-state index in [9.17, 15) is 4.39 Å². The average molecular weight is 154 g/mol. The summed E-state index contributed by atoms with van der Waals surface area (Å²) in [5, 5.41) is 1.41. The molecule has 0 saturated carbocycles. The molecule has 52 valence electrons. The van der Waals surface area contributed by atoms with Crippen LogP contribution in [0.15, 0.2) is 47.0 Å². The molecule has 0 heterocycles. The van der Waals surface area contributed by atoms with Gasteiger partial charge >= 0.3 is 0 Å². The molecule has 1 aromatic rings. The number of rotatable bonds is 2. The van der Waals surface area contributed by atoms with Crippen molar-refractivity contribution >= 4 is 11.8 Å². The van der Waals surface area contributed by atoms with Gasteiger partial charge in [-0.3, -0.25) is 0 Å². The molecule has 0 spiro atoms. The highest BCUT2D eigenvalue weighted by Crippen LogP contribution is 2.17. The molecule has 2 heteroatoms. The third-order valence-corrected chi connectivity index (χ3v) is 1.78. The molecule has 0 radical (unpaired) electrons. The van der Waals surface area contributed by atoms with Crippen molar-refractivity contribution in [3.63, 3.8) is 0 Å². The molecule has 1 rings (SSSR count). The van der Waals surface area contributed by atoms with E-state index in [-0.39, 0.29) is 0 Å². The first-order valence-corrected chi connectivity index (χ1v) is 3.78. The summed E-state index contributed by atoms with van der Waals surface area (Å²) in [4.78, 5) is 1.05. The SMILES string of the molecule is FC=CSc1ccccc1. The summed E-state index contributed by atoms with van der Waals surface area (Å²) in [5.41, 5.74) is 0. The Morgan fingerprint density at radius 3 is 2.50 bits per heavy atom. The van der Waals surface area contributed by atoms with Crippen molar-refractivity contribution in [3.05, 3.63) is 42.1 Å². The van der Waals surface area contributed by atoms with E-state index in [2.05, 4.69) is 0 Å². The van der Waals surface area contributed by atoms with Crippen molar-refractivity contribution in [1.29, 1.82) is 0 Å². The molecule has 0 aliphatic heterocycles. The lowest BCUT2D eigenvalue weighted by Gasteiger charge is -1.90. The largest absolute Gasteiger partial charge is 0.215 e. The minimum absolute atomic E-state index is 0.539. The van der Waals surface area contributed by atoms with Gasteiger partial charge in [0.15, 0.2) is 0 Å². The molecule has 0 saturated heterocycles. The summed E-state index contributed by atoms with van der Waals surface area (Å²) >= 11 is 1.36. The summed E-state index contributed by atoms with van der Waals surface area (Å²) in [7, 11) is 0. The Hall–Kier alpha value is -0.760. The number of hydrogen-bond acceptors (Lipinski definition) is 1. The fraction of sp³-hybridized carbons (Fsp3) is 0. The van der Waals surface area contributed by atoms with E-state index in [0.717, 1.165) is 4.90 Å². The van der Waals surface area contributed by atoms with E-state index < -0.39 is 0 Å². The molecule has 0 atom stereocenters. The van der Waals surface area contributed by atoms with Gasteiger partial charge < -0.3 is 0 Å². The predicted octanol–water partition coefficient (Wildman–Crippen LogP) is 3.22. The third kappa shape index (κ3) is 2.23. The van der Waals surface area contributed by atoms with Crippen molar-refractivity contribution in [2.45, 2.75) is 4.90 Å². The molecular formula is C8H7FS. The first-order chi connectivity index (χ1) is 4.93. The number of benzene rings is 1. The van der Waals surface area contributed by atoms with Crippen molar-refractivity contribution in [1.82, 2.24) is 0 Å². The molecule has 0 N–H and O–H groups in total. The van der Waals surface area contributed by atoms with Gasteiger partial charge in [-0.25, -0.2) is 4.39 Å². The van der Waals surface area contributed by atoms with Crippen LogP contribution in [0.1, 0.15) is 0 Å². The van der Waals surface area contributed by atoms with Gasteiger partial charge in [-0.05, 0) is 12.1 Å². The first-order valence-electron chi connectivity index (χ1n) is 2.90. The van der Waals surface area contributed by atoms with Crippen molar-refractivity contribution in [3.8, 4) is 0 Å². The van der Waals surface area contributed by atoms with Gasteiger partial charge in [-0.1, -0.05) is 30.0 Å². The van der Waals surface area contributed by atoms with Crippen LogP contribution in [0.4, 0.5) is 4.39 Å². The van der Waals surface area contributed by atoms with Gasteiger partial charge in [0.25, 0.3) is 0 Å². The molecule has 0 unspecified atom stereocenters. The molecule has 0 bridgehead atoms. The number of hydrogen-bond donors (Lipinski definition) is 0. The monoisotopic (exact) mass is 154 g/mol. The topological polar surface area (TPSA) is 0 Å². The molecule has 0 aromatic heterocycles. The predicted molar refractivity (Wildman–Crippen MR) is 42.5 cm³/mol. The van der Waals surface area contributed by atoms with Crippen LogP contribution in [0, 0.1) is 0 Å². The van der Waals surface area contributed by atoms with Crippen LogP contribution < -0.4 is 0 Å². The maximum Gasteiger partial charge on any atom is 0.0933 e. The van der Waals surface area contributed by atoms with Gasteiger partial charge in [0, 0.05) is 10.3 Å². The maximum atomic E-state index is 11.5. The Bertz CT molecular complexity index is 206. The first kappa shape index (κ1) is 7.35. The third-order valence-electron chi connectivity index (χ3n) is 0.999. The molecule has 1 aromatic carbocycles. The van der Waals surface area contributed by atoms with E-state index in [1.54, 1.807) is 0 Å². The van der Waals surface area contributed by atoms with Crippen LogP contribution >= 0.6 is 11.8 Å². The smallest absolute Gasteiger partial charge is 0.0933 e. The Morgan fingerprint density at radius 1 is 1.20 bits per heavy atom. The average Bonchev–Trinajstić information content (AvgIpc) is 2.03. The second kappa shape index (κ2) is 4.12. The standard InChI is InChI=1S/C8H7FS/c9-6-7-10-8-4-2-1-3-5-8/h1-7H. The zero-order valence-corrected chi connectivity index (χ0v) is 6.14. The minimum Gasteiger partial charge on any atom is -0.215 e. The quantitative estimate of drug-likeness (QED) is 0.589. The lowest BCUT2D eigenvalue weighted by molar-refractivity contribution is 0.723. The van der Waals surface area contributed by atoms with E-state index in [0.29, 0.717) is 6.33 Å². The van der Waals surface area contributed by atoms with Crippen LogP contribution in [-0.2, 0) is 0 Å². The highest BCUT2D eigenvalue weighted by molar-refractivity contribution is 8.02. The summed E-state index contributed by atoms with van der Waals surface area (Å²) in [6.07, 6.45) is 0.539. The zero-order valence-electron chi connectivity index (χ0n) is 5.33. The molecule has 0 aliphatic rings. The van der Waals surface area contributed by atoms with Gasteiger partial charge in [0.05, 0.1) is 6.33 Å². The zero-order chi connectivity index (χ0) is 7.23. The Kier molecular flexibility index (Phi) is 3.03. The van der Waals surface area contributed by atoms with E-state index in [1.165, 1.54) is 17.2 Å². The van der Waals surface area contributed by atoms with Crippen LogP contribution in [0.3, 0.4) is 0 Å². The lowest BCUT2D eigenvalue weighted by atomic mass is 10.4. The molecular weight excluding hydrogens is 147 g/mol. The Labute approximate surface area is 63.8 Å². The minimum atomic E-state index is 0.539. The summed E-state index contributed by atoms with van der Waals surface area (Å²) in [6.45, 7) is 0. The number of halogens is 1. The molecule has 0 nitrogen and oxygen atoms in total. The van der Waals surface area contributed by atoms with Gasteiger partial charge in [-0.2, -0.15) is 0 Å². The van der Waals surface area contributed by atoms with Gasteiger partial charge in [0.2, 0.25) is 0 Å². The highest BCUT2D eigenvalue weighted by Gasteiger charge is 1.84. The summed E-state index contributed by atoms with van der Waals surface area (Å²) < 4.78 is 11.5. The molecule has 0 fully saturated rings. The lowest BCUT2D eigenvalue weighted by Crippen LogP contribution is -1.62. The van der Waals surface area contributed by atoms with E-state index in [1.807, 2.05) is 30.3 Å². The second-order valence-corrected chi connectivity index (χ2v) is 2.67. The second-order valence-electron chi connectivity index (χ2n) is 1.69. The van der Waals surface area contributed by atoms with Gasteiger partial charge in [0.1, 0.15) is 0 Å². The van der Waals surface area contributed by atoms with Crippen molar-refractivity contribution in [2.75, 3.05) is 0 Å². The van der Waals surface area contributed by atoms with Crippen LogP contribution in [-0.4, -0.2) is 0 Å². The van der Waals surface area contributed by atoms with E-state index in [4.69, 9.17) is 0 Å². The van der Waals surface area contributed by atoms with Gasteiger partial charge in [-0.15, -0.1) is 0 Å². The molecule has 10 heavy (non-hydrogen) atoms. The van der Waals surface area contributed by atoms with E-state index >= 15 is 0 Å². The molecule has 0 amide bonds. The maximum absolute atomic E-state index is 11.5. The van der Waals surface area contributed by atoms with Crippen molar-refractivity contribution < 1.29 is 4.39 Å². The van der Waals surface area contributed by atoms with Crippen molar-refractivity contribution in [2.24, 2.45) is 0 Å². The van der Waals surface area contributed by atoms with Crippen LogP contribution in [0.25, 0.3) is 0 Å². The summed E-state index contributed by atoms with van der Waals surface area (Å²) in [6, 6.07) is 9.65. The fourth-order valence-corrected chi connectivity index (χ4v) is 1.13. The number of thioether (sulfide) groups is 1. The summed E-state index contributed by atoms with van der Waals surface area (Å²) in [5.74, 6) is 0. The van der Waals surface area contributed by atoms with Crippen LogP contribution in [0.5, 0.6) is 0 Å². The Morgan fingerprint density at radius 2 is 1.90 bits per heavy atom.